The van der Waals surface area contributed by atoms with Crippen molar-refractivity contribution in [3.05, 3.63) is 54.1 Å². The van der Waals surface area contributed by atoms with Gasteiger partial charge in [0.25, 0.3) is 5.91 Å². The van der Waals surface area contributed by atoms with Gasteiger partial charge in [-0.1, -0.05) is 32.0 Å². The van der Waals surface area contributed by atoms with Crippen LogP contribution in [0.25, 0.3) is 0 Å². The zero-order valence-electron chi connectivity index (χ0n) is 17.9. The molecule has 174 valence electrons. The minimum Gasteiger partial charge on any atom is -0.480 e. The molecular formula is C21H29N5O6. The second kappa shape index (κ2) is 13.5. The van der Waals surface area contributed by atoms with Gasteiger partial charge in [-0.05, 0) is 24.5 Å². The van der Waals surface area contributed by atoms with E-state index in [1.807, 2.05) is 13.8 Å². The first kappa shape index (κ1) is 26.3. The highest BCUT2D eigenvalue weighted by Crippen LogP contribution is 2.06. The smallest absolute Gasteiger partial charge is 0.326 e. The normalized spacial score (nSPS) is 12.1. The van der Waals surface area contributed by atoms with Gasteiger partial charge < -0.3 is 31.6 Å². The summed E-state index contributed by atoms with van der Waals surface area (Å²) in [5.41, 5.74) is 6.93. The second-order valence-corrected chi connectivity index (χ2v) is 7.36. The third kappa shape index (κ3) is 10.3. The molecule has 11 nitrogen and oxygen atoms in total. The third-order valence-corrected chi connectivity index (χ3v) is 4.09. The molecule has 1 heterocycles. The molecule has 0 aliphatic heterocycles. The van der Waals surface area contributed by atoms with Crippen molar-refractivity contribution in [2.45, 2.75) is 38.8 Å². The van der Waals surface area contributed by atoms with Crippen LogP contribution in [0.3, 0.4) is 0 Å². The van der Waals surface area contributed by atoms with Crippen LogP contribution in [-0.4, -0.2) is 62.6 Å². The number of carboxylic acids is 2. The zero-order valence-corrected chi connectivity index (χ0v) is 17.9. The first-order valence-corrected chi connectivity index (χ1v) is 9.91. The number of nitrogens with two attached hydrogens (primary N) is 1. The zero-order chi connectivity index (χ0) is 24.1. The minimum atomic E-state index is -1.05. The molecule has 2 aromatic rings. The SMILES string of the molecule is CC(C)CC(NC(=O)C(N)Cc1cnc[nH]1)C(=O)O.O=C(O)CNC(=O)c1ccccc1. The van der Waals surface area contributed by atoms with E-state index in [2.05, 4.69) is 20.6 Å². The Bertz CT molecular complexity index is 870. The fourth-order valence-corrected chi connectivity index (χ4v) is 2.55. The molecule has 2 atom stereocenters. The maximum Gasteiger partial charge on any atom is 0.326 e. The molecule has 11 heteroatoms. The van der Waals surface area contributed by atoms with Crippen molar-refractivity contribution in [2.75, 3.05) is 6.54 Å². The number of rotatable bonds is 10. The number of hydrogen-bond donors (Lipinski definition) is 6. The molecule has 0 fully saturated rings. The van der Waals surface area contributed by atoms with Crippen molar-refractivity contribution in [1.82, 2.24) is 20.6 Å². The van der Waals surface area contributed by atoms with E-state index in [-0.39, 0.29) is 18.4 Å². The lowest BCUT2D eigenvalue weighted by molar-refractivity contribution is -0.142. The van der Waals surface area contributed by atoms with Crippen molar-refractivity contribution in [1.29, 1.82) is 0 Å². The molecule has 32 heavy (non-hydrogen) atoms. The number of H-pyrrole nitrogens is 1. The topological polar surface area (TPSA) is 188 Å². The van der Waals surface area contributed by atoms with Crippen LogP contribution in [0.15, 0.2) is 42.9 Å². The van der Waals surface area contributed by atoms with E-state index in [9.17, 15) is 19.2 Å². The molecule has 2 unspecified atom stereocenters. The van der Waals surface area contributed by atoms with Crippen LogP contribution in [0.1, 0.15) is 36.3 Å². The van der Waals surface area contributed by atoms with Crippen LogP contribution in [0.5, 0.6) is 0 Å². The summed E-state index contributed by atoms with van der Waals surface area (Å²) in [6.07, 6.45) is 3.74. The van der Waals surface area contributed by atoms with Crippen molar-refractivity contribution in [2.24, 2.45) is 11.7 Å². The Morgan fingerprint density at radius 1 is 1.12 bits per heavy atom. The molecule has 7 N–H and O–H groups in total. The van der Waals surface area contributed by atoms with Crippen LogP contribution in [0.2, 0.25) is 0 Å². The summed E-state index contributed by atoms with van der Waals surface area (Å²) in [4.78, 5) is 50.8. The Hall–Kier alpha value is -3.73. The quantitative estimate of drug-likeness (QED) is 0.302. The predicted molar refractivity (Wildman–Crippen MR) is 116 cm³/mol. The van der Waals surface area contributed by atoms with E-state index in [1.54, 1.807) is 36.5 Å². The summed E-state index contributed by atoms with van der Waals surface area (Å²) >= 11 is 0. The molecule has 0 aliphatic rings. The summed E-state index contributed by atoms with van der Waals surface area (Å²) in [5, 5.41) is 22.1. The van der Waals surface area contributed by atoms with Crippen LogP contribution in [0.4, 0.5) is 0 Å². The maximum absolute atomic E-state index is 11.8. The molecule has 1 aromatic carbocycles. The number of amides is 2. The molecule has 2 amide bonds. The Labute approximate surface area is 185 Å². The maximum atomic E-state index is 11.8. The number of imidazole rings is 1. The Morgan fingerprint density at radius 2 is 1.78 bits per heavy atom. The van der Waals surface area contributed by atoms with Gasteiger partial charge in [-0.3, -0.25) is 14.4 Å². The van der Waals surface area contributed by atoms with Crippen molar-refractivity contribution in [3.8, 4) is 0 Å². The molecule has 2 rings (SSSR count). The standard InChI is InChI=1S/C12H20N4O3.C9H9NO3/c1-7(2)3-10(12(18)19)16-11(17)9(13)4-8-5-14-6-15-8;11-8(12)6-10-9(13)7-4-2-1-3-5-7/h5-7,9-10H,3-4,13H2,1-2H3,(H,14,15)(H,16,17)(H,18,19);1-5H,6H2,(H,10,13)(H,11,12). The summed E-state index contributed by atoms with van der Waals surface area (Å²) in [6.45, 7) is 3.44. The Kier molecular flexibility index (Phi) is 11.1. The van der Waals surface area contributed by atoms with Gasteiger partial charge in [0.05, 0.1) is 12.4 Å². The first-order valence-electron chi connectivity index (χ1n) is 9.91. The lowest BCUT2D eigenvalue weighted by Crippen LogP contribution is -2.49. The Morgan fingerprint density at radius 3 is 2.28 bits per heavy atom. The van der Waals surface area contributed by atoms with E-state index in [4.69, 9.17) is 15.9 Å². The summed E-state index contributed by atoms with van der Waals surface area (Å²) in [6, 6.07) is 6.77. The van der Waals surface area contributed by atoms with Gasteiger partial charge in [0, 0.05) is 23.9 Å². The van der Waals surface area contributed by atoms with Crippen LogP contribution in [0, 0.1) is 5.92 Å². The summed E-state index contributed by atoms with van der Waals surface area (Å²) in [7, 11) is 0. The lowest BCUT2D eigenvalue weighted by Gasteiger charge is -2.19. The average molecular weight is 447 g/mol. The molecule has 0 bridgehead atoms. The number of nitrogens with one attached hydrogen (secondary N) is 3. The van der Waals surface area contributed by atoms with Gasteiger partial charge in [-0.15, -0.1) is 0 Å². The lowest BCUT2D eigenvalue weighted by atomic mass is 10.0. The molecular weight excluding hydrogens is 418 g/mol. The molecule has 0 aliphatic carbocycles. The number of aromatic amines is 1. The fraction of sp³-hybridized carbons (Fsp3) is 0.381. The average Bonchev–Trinajstić information content (AvgIpc) is 3.25. The Balaban J connectivity index is 0.000000343. The number of nitrogens with zero attached hydrogens (tertiary/aromatic N) is 1. The van der Waals surface area contributed by atoms with Gasteiger partial charge in [0.15, 0.2) is 0 Å². The number of aliphatic carboxylic acids is 2. The van der Waals surface area contributed by atoms with E-state index >= 15 is 0 Å². The van der Waals surface area contributed by atoms with Crippen molar-refractivity contribution >= 4 is 23.8 Å². The number of carbonyl (C=O) groups is 4. The first-order chi connectivity index (χ1) is 15.1. The van der Waals surface area contributed by atoms with E-state index < -0.39 is 29.9 Å². The minimum absolute atomic E-state index is 0.172. The van der Waals surface area contributed by atoms with Gasteiger partial charge in [0.1, 0.15) is 12.6 Å². The predicted octanol–water partition coefficient (Wildman–Crippen LogP) is 0.396. The number of carboxylic acid groups (broad SMARTS) is 2. The highest BCUT2D eigenvalue weighted by atomic mass is 16.4. The largest absolute Gasteiger partial charge is 0.480 e. The molecule has 1 aromatic heterocycles. The fourth-order valence-electron chi connectivity index (χ4n) is 2.55. The highest BCUT2D eigenvalue weighted by Gasteiger charge is 2.24. The van der Waals surface area contributed by atoms with E-state index in [0.29, 0.717) is 18.4 Å². The monoisotopic (exact) mass is 447 g/mol. The van der Waals surface area contributed by atoms with Crippen molar-refractivity contribution < 1.29 is 29.4 Å². The summed E-state index contributed by atoms with van der Waals surface area (Å²) in [5.74, 6) is -2.77. The van der Waals surface area contributed by atoms with Gasteiger partial charge in [0.2, 0.25) is 5.91 Å². The molecule has 0 saturated heterocycles. The second-order valence-electron chi connectivity index (χ2n) is 7.36. The van der Waals surface area contributed by atoms with E-state index in [1.165, 1.54) is 6.33 Å². The molecule has 0 saturated carbocycles. The van der Waals surface area contributed by atoms with Crippen molar-refractivity contribution in [3.63, 3.8) is 0 Å². The number of benzene rings is 1. The molecule has 0 spiro atoms. The van der Waals surface area contributed by atoms with Gasteiger partial charge in [-0.25, -0.2) is 9.78 Å². The highest BCUT2D eigenvalue weighted by molar-refractivity contribution is 5.95. The summed E-state index contributed by atoms with van der Waals surface area (Å²) < 4.78 is 0. The number of carbonyl (C=O) groups excluding carboxylic acids is 2. The van der Waals surface area contributed by atoms with Gasteiger partial charge >= 0.3 is 11.9 Å². The van der Waals surface area contributed by atoms with Crippen LogP contribution in [-0.2, 0) is 20.8 Å². The van der Waals surface area contributed by atoms with E-state index in [0.717, 1.165) is 5.69 Å². The third-order valence-electron chi connectivity index (χ3n) is 4.09. The van der Waals surface area contributed by atoms with Crippen LogP contribution < -0.4 is 16.4 Å². The number of aromatic nitrogens is 2. The molecule has 0 radical (unpaired) electrons. The number of hydrogen-bond acceptors (Lipinski definition) is 6. The van der Waals surface area contributed by atoms with Crippen LogP contribution >= 0.6 is 0 Å². The van der Waals surface area contributed by atoms with Gasteiger partial charge in [-0.2, -0.15) is 0 Å².